The number of anilines is 1. The largest absolute Gasteiger partial charge is 0.324 e. The highest BCUT2D eigenvalue weighted by atomic mass is 35.5. The topological polar surface area (TPSA) is 64.0 Å². The van der Waals surface area contributed by atoms with Crippen molar-refractivity contribution < 1.29 is 4.79 Å². The molecule has 0 radical (unpaired) electrons. The third-order valence-electron chi connectivity index (χ3n) is 6.01. The number of carbonyl (C=O) groups excluding carboxylic acids is 1. The Morgan fingerprint density at radius 2 is 1.97 bits per heavy atom. The molecule has 2 aromatic heterocycles. The van der Waals surface area contributed by atoms with Crippen LogP contribution in [0.1, 0.15) is 29.5 Å². The minimum Gasteiger partial charge on any atom is -0.324 e. The van der Waals surface area contributed by atoms with Crippen LogP contribution in [0.25, 0.3) is 21.3 Å². The Balaban J connectivity index is 1.47. The van der Waals surface area contributed by atoms with Crippen molar-refractivity contribution in [2.75, 3.05) is 5.32 Å². The average molecular weight is 464 g/mol. The second kappa shape index (κ2) is 8.52. The first-order valence-electron chi connectivity index (χ1n) is 10.6. The molecule has 1 amide bonds. The molecule has 1 aliphatic carbocycles. The molecule has 0 bridgehead atoms. The van der Waals surface area contributed by atoms with Crippen LogP contribution in [-0.4, -0.2) is 15.5 Å². The molecule has 0 fully saturated rings. The first-order valence-corrected chi connectivity index (χ1v) is 11.9. The van der Waals surface area contributed by atoms with Crippen LogP contribution >= 0.6 is 22.9 Å². The van der Waals surface area contributed by atoms with E-state index in [4.69, 9.17) is 11.6 Å². The summed E-state index contributed by atoms with van der Waals surface area (Å²) in [6, 6.07) is 11.8. The van der Waals surface area contributed by atoms with Gasteiger partial charge in [0, 0.05) is 21.7 Å². The van der Waals surface area contributed by atoms with Crippen LogP contribution in [0.4, 0.5) is 5.69 Å². The molecule has 0 atom stereocenters. The Morgan fingerprint density at radius 1 is 1.16 bits per heavy atom. The van der Waals surface area contributed by atoms with Gasteiger partial charge in [-0.1, -0.05) is 35.9 Å². The molecule has 5 nitrogen and oxygen atoms in total. The zero-order valence-corrected chi connectivity index (χ0v) is 19.2. The number of thiophene rings is 1. The number of hydrogen-bond acceptors (Lipinski definition) is 4. The van der Waals surface area contributed by atoms with Crippen molar-refractivity contribution in [2.45, 2.75) is 39.2 Å². The van der Waals surface area contributed by atoms with Gasteiger partial charge in [0.15, 0.2) is 0 Å². The van der Waals surface area contributed by atoms with Crippen molar-refractivity contribution in [3.05, 3.63) is 80.2 Å². The maximum absolute atomic E-state index is 13.3. The summed E-state index contributed by atoms with van der Waals surface area (Å²) in [5, 5.41) is 5.94. The smallest absolute Gasteiger partial charge is 0.263 e. The third kappa shape index (κ3) is 3.96. The zero-order chi connectivity index (χ0) is 22.2. The number of benzene rings is 2. The molecule has 0 aliphatic heterocycles. The lowest BCUT2D eigenvalue weighted by Crippen LogP contribution is -2.28. The van der Waals surface area contributed by atoms with Gasteiger partial charge in [0.2, 0.25) is 5.91 Å². The summed E-state index contributed by atoms with van der Waals surface area (Å²) in [4.78, 5) is 31.1. The van der Waals surface area contributed by atoms with Gasteiger partial charge in [-0.25, -0.2) is 4.98 Å². The lowest BCUT2D eigenvalue weighted by Gasteiger charge is -2.16. The fraction of sp³-hybridized carbons (Fsp3) is 0.240. The first kappa shape index (κ1) is 20.9. The van der Waals surface area contributed by atoms with Crippen LogP contribution in [-0.2, 0) is 24.2 Å². The highest BCUT2D eigenvalue weighted by molar-refractivity contribution is 7.17. The highest BCUT2D eigenvalue weighted by Gasteiger charge is 2.17. The molecule has 0 saturated carbocycles. The number of aromatic nitrogens is 2. The summed E-state index contributed by atoms with van der Waals surface area (Å²) in [5.41, 5.74) is 6.02. The van der Waals surface area contributed by atoms with Crippen molar-refractivity contribution in [1.29, 1.82) is 0 Å². The lowest BCUT2D eigenvalue weighted by molar-refractivity contribution is -0.116. The molecule has 0 saturated heterocycles. The average Bonchev–Trinajstić information content (AvgIpc) is 3.23. The van der Waals surface area contributed by atoms with Gasteiger partial charge < -0.3 is 5.32 Å². The van der Waals surface area contributed by atoms with E-state index in [1.165, 1.54) is 46.2 Å². The quantitative estimate of drug-likeness (QED) is 0.428. The van der Waals surface area contributed by atoms with Crippen LogP contribution < -0.4 is 10.9 Å². The van der Waals surface area contributed by atoms with Gasteiger partial charge in [0.05, 0.1) is 11.7 Å². The van der Waals surface area contributed by atoms with Gasteiger partial charge in [0.1, 0.15) is 11.4 Å². The summed E-state index contributed by atoms with van der Waals surface area (Å²) < 4.78 is 1.37. The van der Waals surface area contributed by atoms with Gasteiger partial charge in [-0.15, -0.1) is 11.3 Å². The molecule has 32 heavy (non-hydrogen) atoms. The summed E-state index contributed by atoms with van der Waals surface area (Å²) in [6.45, 7) is 1.77. The first-order chi connectivity index (χ1) is 15.5. The summed E-state index contributed by atoms with van der Waals surface area (Å²) in [5.74, 6) is -0.302. The number of carbonyl (C=O) groups is 1. The van der Waals surface area contributed by atoms with Crippen LogP contribution in [0.15, 0.2) is 52.9 Å². The predicted molar refractivity (Wildman–Crippen MR) is 131 cm³/mol. The van der Waals surface area contributed by atoms with E-state index in [1.807, 2.05) is 18.4 Å². The summed E-state index contributed by atoms with van der Waals surface area (Å²) in [7, 11) is 0. The van der Waals surface area contributed by atoms with Gasteiger partial charge >= 0.3 is 0 Å². The van der Waals surface area contributed by atoms with Crippen LogP contribution in [0, 0.1) is 6.92 Å². The van der Waals surface area contributed by atoms with Crippen molar-refractivity contribution in [1.82, 2.24) is 9.55 Å². The molecule has 2 aromatic carbocycles. The number of rotatable bonds is 4. The van der Waals surface area contributed by atoms with Crippen molar-refractivity contribution in [3.63, 3.8) is 0 Å². The van der Waals surface area contributed by atoms with E-state index in [-0.39, 0.29) is 18.0 Å². The molecule has 4 aromatic rings. The Bertz CT molecular complexity index is 1410. The number of nitrogens with one attached hydrogen (secondary N) is 1. The number of hydrogen-bond donors (Lipinski definition) is 1. The number of halogens is 1. The SMILES string of the molecule is Cc1ccc(Cl)cc1NC(=O)Cn1cnc2scc(-c3ccc4c(c3)CCCC4)c2c1=O. The molecule has 1 N–H and O–H groups in total. The molecule has 162 valence electrons. The highest BCUT2D eigenvalue weighted by Crippen LogP contribution is 2.33. The van der Waals surface area contributed by atoms with Crippen LogP contribution in [0.2, 0.25) is 5.02 Å². The molecular weight excluding hydrogens is 442 g/mol. The van der Waals surface area contributed by atoms with Crippen molar-refractivity contribution in [3.8, 4) is 11.1 Å². The lowest BCUT2D eigenvalue weighted by atomic mass is 9.89. The standard InChI is InChI=1S/C25H22ClN3O2S/c1-15-6-9-19(26)11-21(15)28-22(30)12-29-14-27-24-23(25(29)31)20(13-32-24)18-8-7-16-4-2-3-5-17(16)10-18/h6-11,13-14H,2-5,12H2,1H3,(H,28,30). The normalized spacial score (nSPS) is 13.2. The number of aryl methyl sites for hydroxylation is 3. The van der Waals surface area contributed by atoms with E-state index in [0.29, 0.717) is 20.9 Å². The Labute approximate surface area is 194 Å². The third-order valence-corrected chi connectivity index (χ3v) is 7.13. The van der Waals surface area contributed by atoms with Gasteiger partial charge in [-0.05, 0) is 67.0 Å². The minimum absolute atomic E-state index is 0.118. The molecule has 7 heteroatoms. The molecule has 5 rings (SSSR count). The van der Waals surface area contributed by atoms with Crippen molar-refractivity contribution in [2.24, 2.45) is 0 Å². The number of amides is 1. The predicted octanol–water partition coefficient (Wildman–Crippen LogP) is 5.60. The van der Waals surface area contributed by atoms with Gasteiger partial charge in [0.25, 0.3) is 5.56 Å². The number of nitrogens with zero attached hydrogens (tertiary/aromatic N) is 2. The zero-order valence-electron chi connectivity index (χ0n) is 17.7. The van der Waals surface area contributed by atoms with E-state index in [9.17, 15) is 9.59 Å². The molecular formula is C25H22ClN3O2S. The van der Waals surface area contributed by atoms with Crippen LogP contribution in [0.3, 0.4) is 0 Å². The Morgan fingerprint density at radius 3 is 2.81 bits per heavy atom. The molecule has 0 unspecified atom stereocenters. The maximum atomic E-state index is 13.3. The summed E-state index contributed by atoms with van der Waals surface area (Å²) in [6.07, 6.45) is 6.09. The monoisotopic (exact) mass is 463 g/mol. The van der Waals surface area contributed by atoms with Crippen LogP contribution in [0.5, 0.6) is 0 Å². The second-order valence-electron chi connectivity index (χ2n) is 8.21. The fourth-order valence-corrected chi connectivity index (χ4v) is 5.35. The Kier molecular flexibility index (Phi) is 5.57. The van der Waals surface area contributed by atoms with E-state index in [2.05, 4.69) is 28.5 Å². The van der Waals surface area contributed by atoms with E-state index < -0.39 is 0 Å². The number of fused-ring (bicyclic) bond motifs is 2. The minimum atomic E-state index is -0.302. The van der Waals surface area contributed by atoms with Crippen molar-refractivity contribution >= 4 is 44.7 Å². The molecule has 0 spiro atoms. The summed E-state index contributed by atoms with van der Waals surface area (Å²) >= 11 is 7.50. The second-order valence-corrected chi connectivity index (χ2v) is 9.50. The van der Waals surface area contributed by atoms with Gasteiger partial charge in [-0.2, -0.15) is 0 Å². The molecule has 2 heterocycles. The van der Waals surface area contributed by atoms with Gasteiger partial charge in [-0.3, -0.25) is 14.2 Å². The Hall–Kier alpha value is -2.96. The fourth-order valence-electron chi connectivity index (χ4n) is 4.27. The van der Waals surface area contributed by atoms with E-state index in [0.717, 1.165) is 29.5 Å². The van der Waals surface area contributed by atoms with E-state index in [1.54, 1.807) is 12.1 Å². The maximum Gasteiger partial charge on any atom is 0.263 e. The van der Waals surface area contributed by atoms with E-state index >= 15 is 0 Å². The molecule has 1 aliphatic rings.